The van der Waals surface area contributed by atoms with Crippen molar-refractivity contribution in [1.29, 1.82) is 0 Å². The summed E-state index contributed by atoms with van der Waals surface area (Å²) in [5, 5.41) is 14.1. The highest BCUT2D eigenvalue weighted by molar-refractivity contribution is 5.73. The normalized spacial score (nSPS) is 20.1. The van der Waals surface area contributed by atoms with Crippen molar-refractivity contribution in [3.05, 3.63) is 29.7 Å². The molecule has 2 N–H and O–H groups in total. The Kier molecular flexibility index (Phi) is 3.50. The van der Waals surface area contributed by atoms with Gasteiger partial charge in [-0.1, -0.05) is 6.07 Å². The summed E-state index contributed by atoms with van der Waals surface area (Å²) in [6.07, 6.45) is 0. The average molecular weight is 275 g/mol. The lowest BCUT2D eigenvalue weighted by Gasteiger charge is -2.34. The topological polar surface area (TPSA) is 61.5 Å². The summed E-state index contributed by atoms with van der Waals surface area (Å²) in [5.74, 6) is 0.652. The van der Waals surface area contributed by atoms with Gasteiger partial charge in [-0.3, -0.25) is 4.90 Å². The summed E-state index contributed by atoms with van der Waals surface area (Å²) in [4.78, 5) is 6.62. The van der Waals surface area contributed by atoms with E-state index in [0.717, 1.165) is 42.8 Å². The SMILES string of the molecule is Cc1nc2cc(C(C)(O)CN3CCNCC3)ccc2o1. The summed E-state index contributed by atoms with van der Waals surface area (Å²) in [6.45, 7) is 8.25. The molecule has 0 saturated carbocycles. The van der Waals surface area contributed by atoms with Crippen LogP contribution >= 0.6 is 0 Å². The van der Waals surface area contributed by atoms with Crippen molar-refractivity contribution in [2.24, 2.45) is 0 Å². The van der Waals surface area contributed by atoms with Crippen molar-refractivity contribution >= 4 is 11.1 Å². The molecule has 1 saturated heterocycles. The van der Waals surface area contributed by atoms with E-state index in [2.05, 4.69) is 15.2 Å². The second-order valence-corrected chi connectivity index (χ2v) is 5.72. The first-order valence-corrected chi connectivity index (χ1v) is 7.08. The number of aliphatic hydroxyl groups is 1. The van der Waals surface area contributed by atoms with Gasteiger partial charge in [0.05, 0.1) is 5.60 Å². The molecule has 2 heterocycles. The minimum Gasteiger partial charge on any atom is -0.441 e. The minimum absolute atomic E-state index is 0.636. The molecule has 1 atom stereocenters. The number of nitrogens with one attached hydrogen (secondary N) is 1. The Hall–Kier alpha value is -1.43. The zero-order valence-electron chi connectivity index (χ0n) is 12.0. The van der Waals surface area contributed by atoms with Crippen LogP contribution in [0.5, 0.6) is 0 Å². The third-order valence-corrected chi connectivity index (χ3v) is 3.86. The Morgan fingerprint density at radius 2 is 2.15 bits per heavy atom. The summed E-state index contributed by atoms with van der Waals surface area (Å²) in [6, 6.07) is 5.74. The van der Waals surface area contributed by atoms with E-state index in [0.29, 0.717) is 12.4 Å². The van der Waals surface area contributed by atoms with E-state index in [1.807, 2.05) is 32.0 Å². The molecule has 0 aliphatic carbocycles. The molecule has 1 aromatic heterocycles. The van der Waals surface area contributed by atoms with Crippen LogP contribution in [0.3, 0.4) is 0 Å². The fourth-order valence-corrected chi connectivity index (χ4v) is 2.77. The van der Waals surface area contributed by atoms with Crippen molar-refractivity contribution in [2.75, 3.05) is 32.7 Å². The van der Waals surface area contributed by atoms with Crippen LogP contribution in [-0.2, 0) is 5.60 Å². The fraction of sp³-hybridized carbons (Fsp3) is 0.533. The molecule has 1 aliphatic heterocycles. The van der Waals surface area contributed by atoms with Crippen LogP contribution < -0.4 is 5.32 Å². The summed E-state index contributed by atoms with van der Waals surface area (Å²) < 4.78 is 5.47. The van der Waals surface area contributed by atoms with E-state index in [9.17, 15) is 5.11 Å². The number of oxazole rings is 1. The first-order valence-electron chi connectivity index (χ1n) is 7.08. The van der Waals surface area contributed by atoms with E-state index in [1.54, 1.807) is 0 Å². The number of β-amino-alcohol motifs (C(OH)–C–C–N with tert-alkyl or cyclic N) is 1. The molecule has 0 radical (unpaired) electrons. The molecule has 2 aromatic rings. The van der Waals surface area contributed by atoms with Gasteiger partial charge in [0, 0.05) is 39.6 Å². The van der Waals surface area contributed by atoms with Crippen molar-refractivity contribution in [3.63, 3.8) is 0 Å². The molecule has 1 aromatic carbocycles. The van der Waals surface area contributed by atoms with Crippen LogP contribution in [0.2, 0.25) is 0 Å². The quantitative estimate of drug-likeness (QED) is 0.883. The van der Waals surface area contributed by atoms with Crippen LogP contribution in [0.25, 0.3) is 11.1 Å². The number of aryl methyl sites for hydroxylation is 1. The highest BCUT2D eigenvalue weighted by Gasteiger charge is 2.27. The van der Waals surface area contributed by atoms with E-state index >= 15 is 0 Å². The van der Waals surface area contributed by atoms with E-state index in [4.69, 9.17) is 4.42 Å². The summed E-state index contributed by atoms with van der Waals surface area (Å²) >= 11 is 0. The maximum Gasteiger partial charge on any atom is 0.192 e. The molecule has 20 heavy (non-hydrogen) atoms. The minimum atomic E-state index is -0.877. The number of hydrogen-bond acceptors (Lipinski definition) is 5. The molecule has 108 valence electrons. The average Bonchev–Trinajstić information content (AvgIpc) is 2.78. The van der Waals surface area contributed by atoms with Crippen LogP contribution in [0, 0.1) is 6.92 Å². The second-order valence-electron chi connectivity index (χ2n) is 5.72. The van der Waals surface area contributed by atoms with Gasteiger partial charge in [0.15, 0.2) is 11.5 Å². The van der Waals surface area contributed by atoms with Crippen molar-refractivity contribution in [1.82, 2.24) is 15.2 Å². The van der Waals surface area contributed by atoms with Gasteiger partial charge in [-0.05, 0) is 24.6 Å². The lowest BCUT2D eigenvalue weighted by atomic mass is 9.95. The zero-order valence-corrected chi connectivity index (χ0v) is 12.0. The Labute approximate surface area is 118 Å². The van der Waals surface area contributed by atoms with Gasteiger partial charge in [-0.25, -0.2) is 4.98 Å². The summed E-state index contributed by atoms with van der Waals surface area (Å²) in [5.41, 5.74) is 1.58. The van der Waals surface area contributed by atoms with Crippen LogP contribution in [0.1, 0.15) is 18.4 Å². The maximum atomic E-state index is 10.8. The Morgan fingerprint density at radius 1 is 1.40 bits per heavy atom. The highest BCUT2D eigenvalue weighted by Crippen LogP contribution is 2.26. The first kappa shape index (κ1) is 13.5. The standard InChI is InChI=1S/C15H21N3O2/c1-11-17-13-9-12(3-4-14(13)20-11)15(2,19)10-18-7-5-16-6-8-18/h3-4,9,16,19H,5-8,10H2,1-2H3. The molecule has 1 fully saturated rings. The molecule has 0 spiro atoms. The van der Waals surface area contributed by atoms with Gasteiger partial charge in [-0.15, -0.1) is 0 Å². The number of aromatic nitrogens is 1. The number of hydrogen-bond donors (Lipinski definition) is 2. The Balaban J connectivity index is 1.83. The third-order valence-electron chi connectivity index (χ3n) is 3.86. The van der Waals surface area contributed by atoms with Crippen molar-refractivity contribution in [3.8, 4) is 0 Å². The number of nitrogens with zero attached hydrogens (tertiary/aromatic N) is 2. The van der Waals surface area contributed by atoms with Crippen LogP contribution in [-0.4, -0.2) is 47.7 Å². The number of fused-ring (bicyclic) bond motifs is 1. The van der Waals surface area contributed by atoms with Gasteiger partial charge < -0.3 is 14.8 Å². The lowest BCUT2D eigenvalue weighted by molar-refractivity contribution is 0.0127. The maximum absolute atomic E-state index is 10.8. The van der Waals surface area contributed by atoms with Gasteiger partial charge in [0.25, 0.3) is 0 Å². The van der Waals surface area contributed by atoms with E-state index in [-0.39, 0.29) is 0 Å². The Bertz CT molecular complexity index is 600. The molecule has 0 amide bonds. The third kappa shape index (κ3) is 2.70. The molecule has 1 aliphatic rings. The number of piperazine rings is 1. The molecular weight excluding hydrogens is 254 g/mol. The van der Waals surface area contributed by atoms with Gasteiger partial charge >= 0.3 is 0 Å². The molecule has 1 unspecified atom stereocenters. The van der Waals surface area contributed by atoms with Crippen LogP contribution in [0.4, 0.5) is 0 Å². The lowest BCUT2D eigenvalue weighted by Crippen LogP contribution is -2.48. The predicted molar refractivity (Wildman–Crippen MR) is 77.6 cm³/mol. The second kappa shape index (κ2) is 5.16. The van der Waals surface area contributed by atoms with E-state index < -0.39 is 5.60 Å². The van der Waals surface area contributed by atoms with Crippen LogP contribution in [0.15, 0.2) is 22.6 Å². The molecule has 5 nitrogen and oxygen atoms in total. The van der Waals surface area contributed by atoms with E-state index in [1.165, 1.54) is 0 Å². The van der Waals surface area contributed by atoms with Gasteiger partial charge in [0.2, 0.25) is 0 Å². The molecule has 3 rings (SSSR count). The smallest absolute Gasteiger partial charge is 0.192 e. The largest absolute Gasteiger partial charge is 0.441 e. The number of rotatable bonds is 3. The fourth-order valence-electron chi connectivity index (χ4n) is 2.77. The zero-order chi connectivity index (χ0) is 14.2. The highest BCUT2D eigenvalue weighted by atomic mass is 16.3. The predicted octanol–water partition coefficient (Wildman–Crippen LogP) is 1.25. The number of benzene rings is 1. The Morgan fingerprint density at radius 3 is 2.90 bits per heavy atom. The molecule has 5 heteroatoms. The van der Waals surface area contributed by atoms with Crippen molar-refractivity contribution < 1.29 is 9.52 Å². The molecule has 0 bridgehead atoms. The van der Waals surface area contributed by atoms with Crippen molar-refractivity contribution in [2.45, 2.75) is 19.4 Å². The first-order chi connectivity index (χ1) is 9.54. The monoisotopic (exact) mass is 275 g/mol. The van der Waals surface area contributed by atoms with Gasteiger partial charge in [0.1, 0.15) is 5.52 Å². The molecular formula is C15H21N3O2. The summed E-state index contributed by atoms with van der Waals surface area (Å²) in [7, 11) is 0. The van der Waals surface area contributed by atoms with Gasteiger partial charge in [-0.2, -0.15) is 0 Å².